The number of carbonyl (C=O) groups excluding carboxylic acids is 1. The fraction of sp³-hybridized carbons (Fsp3) is 0.571. The molecule has 18 heavy (non-hydrogen) atoms. The fourth-order valence-corrected chi connectivity index (χ4v) is 2.25. The summed E-state index contributed by atoms with van der Waals surface area (Å²) >= 11 is 0. The molecule has 1 aromatic heterocycles. The lowest BCUT2D eigenvalue weighted by Gasteiger charge is -2.26. The molecule has 1 amide bonds. The van der Waals surface area contributed by atoms with Crippen LogP contribution in [0.3, 0.4) is 0 Å². The van der Waals surface area contributed by atoms with Crippen LogP contribution in [0, 0.1) is 6.92 Å². The van der Waals surface area contributed by atoms with E-state index in [1.165, 1.54) is 6.42 Å². The number of aryl methyl sites for hydroxylation is 1. The van der Waals surface area contributed by atoms with Gasteiger partial charge in [-0.2, -0.15) is 0 Å². The van der Waals surface area contributed by atoms with Gasteiger partial charge in [0.05, 0.1) is 12.2 Å². The summed E-state index contributed by atoms with van der Waals surface area (Å²) in [6, 6.07) is 3.97. The van der Waals surface area contributed by atoms with Crippen molar-refractivity contribution in [3.63, 3.8) is 0 Å². The van der Waals surface area contributed by atoms with Gasteiger partial charge >= 0.3 is 0 Å². The quantitative estimate of drug-likeness (QED) is 0.877. The summed E-state index contributed by atoms with van der Waals surface area (Å²) in [6.07, 6.45) is 5.33. The van der Waals surface area contributed by atoms with Crippen molar-refractivity contribution in [2.24, 2.45) is 0 Å². The summed E-state index contributed by atoms with van der Waals surface area (Å²) in [5.74, 6) is 0.211. The number of pyridine rings is 1. The fourth-order valence-electron chi connectivity index (χ4n) is 2.25. The van der Waals surface area contributed by atoms with Gasteiger partial charge in [-0.05, 0) is 37.8 Å². The Labute approximate surface area is 108 Å². The van der Waals surface area contributed by atoms with E-state index in [1.54, 1.807) is 6.20 Å². The molecule has 0 unspecified atom stereocenters. The highest BCUT2D eigenvalue weighted by atomic mass is 16.2. The summed E-state index contributed by atoms with van der Waals surface area (Å²) < 4.78 is 0. The molecule has 0 saturated carbocycles. The van der Waals surface area contributed by atoms with Crippen LogP contribution in [-0.4, -0.2) is 35.4 Å². The molecule has 0 atom stereocenters. The van der Waals surface area contributed by atoms with Gasteiger partial charge in [0.1, 0.15) is 0 Å². The van der Waals surface area contributed by atoms with Gasteiger partial charge in [0, 0.05) is 25.8 Å². The van der Waals surface area contributed by atoms with Crippen molar-refractivity contribution in [1.82, 2.24) is 15.2 Å². The average Bonchev–Trinajstić information content (AvgIpc) is 2.42. The Balaban J connectivity index is 1.75. The van der Waals surface area contributed by atoms with E-state index in [0.717, 1.165) is 37.2 Å². The van der Waals surface area contributed by atoms with Crippen LogP contribution in [0.5, 0.6) is 0 Å². The molecule has 1 aromatic rings. The Morgan fingerprint density at radius 3 is 2.89 bits per heavy atom. The summed E-state index contributed by atoms with van der Waals surface area (Å²) in [5.41, 5.74) is 2.18. The molecule has 0 aliphatic carbocycles. The maximum atomic E-state index is 11.9. The first-order valence-electron chi connectivity index (χ1n) is 6.66. The molecule has 1 aliphatic heterocycles. The average molecular weight is 247 g/mol. The first-order valence-corrected chi connectivity index (χ1v) is 6.66. The second-order valence-electron chi connectivity index (χ2n) is 4.81. The molecule has 1 fully saturated rings. The maximum Gasteiger partial charge on any atom is 0.236 e. The third-order valence-corrected chi connectivity index (χ3v) is 3.40. The van der Waals surface area contributed by atoms with Crippen LogP contribution >= 0.6 is 0 Å². The summed E-state index contributed by atoms with van der Waals surface area (Å²) in [6.45, 7) is 4.95. The molecule has 4 nitrogen and oxygen atoms in total. The van der Waals surface area contributed by atoms with Crippen molar-refractivity contribution in [2.75, 3.05) is 19.6 Å². The van der Waals surface area contributed by atoms with Gasteiger partial charge in [-0.25, -0.2) is 0 Å². The third kappa shape index (κ3) is 3.53. The van der Waals surface area contributed by atoms with Crippen LogP contribution < -0.4 is 5.32 Å². The monoisotopic (exact) mass is 247 g/mol. The highest BCUT2D eigenvalue weighted by Crippen LogP contribution is 2.08. The maximum absolute atomic E-state index is 11.9. The van der Waals surface area contributed by atoms with E-state index in [9.17, 15) is 4.79 Å². The van der Waals surface area contributed by atoms with E-state index in [-0.39, 0.29) is 5.91 Å². The first-order chi connectivity index (χ1) is 8.77. The Morgan fingerprint density at radius 2 is 2.17 bits per heavy atom. The largest absolute Gasteiger partial charge is 0.342 e. The third-order valence-electron chi connectivity index (χ3n) is 3.40. The number of amides is 1. The number of hydrogen-bond acceptors (Lipinski definition) is 3. The zero-order chi connectivity index (χ0) is 12.8. The number of rotatable bonds is 4. The normalized spacial score (nSPS) is 15.7. The molecule has 98 valence electrons. The number of nitrogens with zero attached hydrogens (tertiary/aromatic N) is 2. The zero-order valence-corrected chi connectivity index (χ0v) is 11.0. The molecule has 1 saturated heterocycles. The minimum atomic E-state index is 0.211. The van der Waals surface area contributed by atoms with E-state index in [4.69, 9.17) is 0 Å². The highest BCUT2D eigenvalue weighted by molar-refractivity contribution is 5.78. The van der Waals surface area contributed by atoms with Gasteiger partial charge in [-0.15, -0.1) is 0 Å². The molecule has 0 aromatic carbocycles. The molecular formula is C14H21N3O. The van der Waals surface area contributed by atoms with Crippen LogP contribution in [0.15, 0.2) is 18.3 Å². The van der Waals surface area contributed by atoms with Gasteiger partial charge in [-0.1, -0.05) is 6.07 Å². The minimum absolute atomic E-state index is 0.211. The number of aromatic nitrogens is 1. The number of piperidine rings is 1. The predicted octanol–water partition coefficient (Wildman–Crippen LogP) is 1.49. The predicted molar refractivity (Wildman–Crippen MR) is 71.1 cm³/mol. The molecule has 0 radical (unpaired) electrons. The van der Waals surface area contributed by atoms with Crippen LogP contribution in [0.2, 0.25) is 0 Å². The van der Waals surface area contributed by atoms with Crippen molar-refractivity contribution >= 4 is 5.91 Å². The highest BCUT2D eigenvalue weighted by Gasteiger charge is 2.15. The lowest BCUT2D eigenvalue weighted by Crippen LogP contribution is -2.41. The molecule has 2 rings (SSSR count). The molecule has 0 spiro atoms. The standard InChI is InChI=1S/C14H21N3O/c1-12-6-5-7-16-13(12)10-15-11-14(18)17-8-3-2-4-9-17/h5-7,15H,2-4,8-11H2,1H3. The molecule has 0 bridgehead atoms. The van der Waals surface area contributed by atoms with Gasteiger partial charge in [0.25, 0.3) is 0 Å². The van der Waals surface area contributed by atoms with E-state index >= 15 is 0 Å². The Morgan fingerprint density at radius 1 is 1.39 bits per heavy atom. The second-order valence-corrected chi connectivity index (χ2v) is 4.81. The number of nitrogens with one attached hydrogen (secondary N) is 1. The van der Waals surface area contributed by atoms with Gasteiger partial charge in [0.15, 0.2) is 0 Å². The van der Waals surface area contributed by atoms with Crippen molar-refractivity contribution in [1.29, 1.82) is 0 Å². The van der Waals surface area contributed by atoms with Crippen molar-refractivity contribution in [3.05, 3.63) is 29.6 Å². The van der Waals surface area contributed by atoms with Crippen molar-refractivity contribution in [3.8, 4) is 0 Å². The lowest BCUT2D eigenvalue weighted by molar-refractivity contribution is -0.131. The van der Waals surface area contributed by atoms with E-state index in [1.807, 2.05) is 24.0 Å². The smallest absolute Gasteiger partial charge is 0.236 e. The van der Waals surface area contributed by atoms with E-state index in [2.05, 4.69) is 10.3 Å². The van der Waals surface area contributed by atoms with E-state index < -0.39 is 0 Å². The minimum Gasteiger partial charge on any atom is -0.342 e. The Kier molecular flexibility index (Phi) is 4.70. The molecule has 1 aliphatic rings. The first kappa shape index (κ1) is 13.0. The molecule has 4 heteroatoms. The molecule has 2 heterocycles. The summed E-state index contributed by atoms with van der Waals surface area (Å²) in [5, 5.41) is 3.19. The van der Waals surface area contributed by atoms with E-state index in [0.29, 0.717) is 13.1 Å². The van der Waals surface area contributed by atoms with Crippen LogP contribution in [0.4, 0.5) is 0 Å². The lowest BCUT2D eigenvalue weighted by atomic mass is 10.1. The Bertz CT molecular complexity index is 400. The van der Waals surface area contributed by atoms with Crippen molar-refractivity contribution in [2.45, 2.75) is 32.7 Å². The van der Waals surface area contributed by atoms with Gasteiger partial charge in [0.2, 0.25) is 5.91 Å². The number of hydrogen-bond donors (Lipinski definition) is 1. The topological polar surface area (TPSA) is 45.2 Å². The number of likely N-dealkylation sites (tertiary alicyclic amines) is 1. The van der Waals surface area contributed by atoms with Crippen LogP contribution in [0.25, 0.3) is 0 Å². The second kappa shape index (κ2) is 6.50. The van der Waals surface area contributed by atoms with Crippen LogP contribution in [-0.2, 0) is 11.3 Å². The van der Waals surface area contributed by atoms with Gasteiger partial charge in [-0.3, -0.25) is 9.78 Å². The Hall–Kier alpha value is -1.42. The van der Waals surface area contributed by atoms with Gasteiger partial charge < -0.3 is 10.2 Å². The van der Waals surface area contributed by atoms with Crippen molar-refractivity contribution < 1.29 is 4.79 Å². The SMILES string of the molecule is Cc1cccnc1CNCC(=O)N1CCCCC1. The zero-order valence-electron chi connectivity index (χ0n) is 11.0. The van der Waals surface area contributed by atoms with Crippen LogP contribution in [0.1, 0.15) is 30.5 Å². The number of carbonyl (C=O) groups is 1. The molecule has 1 N–H and O–H groups in total. The molecular weight excluding hydrogens is 226 g/mol. The summed E-state index contributed by atoms with van der Waals surface area (Å²) in [4.78, 5) is 18.2. The summed E-state index contributed by atoms with van der Waals surface area (Å²) in [7, 11) is 0.